The van der Waals surface area contributed by atoms with Crippen LogP contribution in [0.15, 0.2) is 34.9 Å². The Hall–Kier alpha value is -2.89. The van der Waals surface area contributed by atoms with Crippen molar-refractivity contribution < 1.29 is 4.42 Å². The zero-order chi connectivity index (χ0) is 14.4. The number of rotatable bonds is 2. The number of H-pyrrole nitrogens is 1. The van der Waals surface area contributed by atoms with E-state index in [2.05, 4.69) is 25.5 Å². The highest BCUT2D eigenvalue weighted by molar-refractivity contribution is 5.96. The van der Waals surface area contributed by atoms with Gasteiger partial charge in [0.1, 0.15) is 11.3 Å². The quantitative estimate of drug-likeness (QED) is 0.587. The number of hydrogen-bond acceptors (Lipinski definition) is 5. The van der Waals surface area contributed by atoms with Gasteiger partial charge in [0.2, 0.25) is 0 Å². The molecule has 0 aliphatic heterocycles. The summed E-state index contributed by atoms with van der Waals surface area (Å²) in [5.74, 6) is 1.40. The molecule has 21 heavy (non-hydrogen) atoms. The minimum atomic E-state index is 0.643. The van der Waals surface area contributed by atoms with E-state index in [4.69, 9.17) is 4.42 Å². The van der Waals surface area contributed by atoms with Gasteiger partial charge in [0.25, 0.3) is 0 Å². The van der Waals surface area contributed by atoms with Crippen molar-refractivity contribution in [2.24, 2.45) is 0 Å². The van der Waals surface area contributed by atoms with E-state index in [-0.39, 0.29) is 0 Å². The number of nitrogens with zero attached hydrogens (tertiary/aromatic N) is 3. The Labute approximate surface area is 120 Å². The summed E-state index contributed by atoms with van der Waals surface area (Å²) in [6.07, 6.45) is 1.75. The third-order valence-corrected chi connectivity index (χ3v) is 3.44. The van der Waals surface area contributed by atoms with E-state index in [1.54, 1.807) is 6.20 Å². The number of pyridine rings is 1. The van der Waals surface area contributed by atoms with Gasteiger partial charge in [-0.3, -0.25) is 5.10 Å². The molecule has 1 aromatic carbocycles. The molecule has 0 aliphatic rings. The number of anilines is 2. The summed E-state index contributed by atoms with van der Waals surface area (Å²) in [7, 11) is 0. The number of hydrogen-bond donors (Lipinski definition) is 2. The van der Waals surface area contributed by atoms with Crippen LogP contribution in [0.4, 0.5) is 11.5 Å². The highest BCUT2D eigenvalue weighted by Crippen LogP contribution is 2.29. The number of para-hydroxylation sites is 1. The Bertz CT molecular complexity index is 953. The van der Waals surface area contributed by atoms with Gasteiger partial charge in [-0.05, 0) is 25.1 Å². The molecular weight excluding hydrogens is 266 g/mol. The van der Waals surface area contributed by atoms with Crippen LogP contribution in [0.25, 0.3) is 22.0 Å². The van der Waals surface area contributed by atoms with Crippen LogP contribution in [0.1, 0.15) is 11.6 Å². The predicted octanol–water partition coefficient (Wildman–Crippen LogP) is 3.46. The van der Waals surface area contributed by atoms with Crippen LogP contribution in [0.3, 0.4) is 0 Å². The van der Waals surface area contributed by atoms with Gasteiger partial charge in [-0.1, -0.05) is 6.07 Å². The van der Waals surface area contributed by atoms with Crippen molar-refractivity contribution in [1.29, 1.82) is 0 Å². The molecule has 0 bridgehead atoms. The molecule has 0 saturated heterocycles. The zero-order valence-electron chi connectivity index (χ0n) is 11.6. The molecule has 0 amide bonds. The number of nitrogens with one attached hydrogen (secondary N) is 2. The lowest BCUT2D eigenvalue weighted by atomic mass is 10.2. The molecule has 2 N–H and O–H groups in total. The molecule has 3 aromatic heterocycles. The van der Waals surface area contributed by atoms with Crippen LogP contribution in [-0.4, -0.2) is 20.2 Å². The van der Waals surface area contributed by atoms with Crippen molar-refractivity contribution in [2.45, 2.75) is 13.8 Å². The van der Waals surface area contributed by atoms with Crippen LogP contribution >= 0.6 is 0 Å². The molecule has 0 fully saturated rings. The van der Waals surface area contributed by atoms with E-state index in [1.165, 1.54) is 0 Å². The average molecular weight is 279 g/mol. The maximum absolute atomic E-state index is 5.55. The summed E-state index contributed by atoms with van der Waals surface area (Å²) in [6.45, 7) is 3.79. The van der Waals surface area contributed by atoms with Crippen LogP contribution in [0.2, 0.25) is 0 Å². The fourth-order valence-corrected chi connectivity index (χ4v) is 2.50. The molecule has 0 atom stereocenters. The molecule has 0 spiro atoms. The second-order valence-electron chi connectivity index (χ2n) is 4.90. The lowest BCUT2D eigenvalue weighted by molar-refractivity contribution is 0.561. The van der Waals surface area contributed by atoms with E-state index < -0.39 is 0 Å². The maximum atomic E-state index is 5.55. The second-order valence-corrected chi connectivity index (χ2v) is 4.90. The van der Waals surface area contributed by atoms with E-state index in [1.807, 2.05) is 38.1 Å². The van der Waals surface area contributed by atoms with Crippen molar-refractivity contribution >= 4 is 33.5 Å². The Kier molecular flexibility index (Phi) is 2.44. The van der Waals surface area contributed by atoms with E-state index in [0.29, 0.717) is 5.89 Å². The number of aromatic amines is 1. The molecule has 0 radical (unpaired) electrons. The third kappa shape index (κ3) is 1.84. The van der Waals surface area contributed by atoms with Crippen molar-refractivity contribution in [1.82, 2.24) is 20.2 Å². The highest BCUT2D eigenvalue weighted by atomic mass is 16.3. The Balaban J connectivity index is 1.88. The SMILES string of the molecule is Cc1nc2c(Nc3nccc4[nH]nc(C)c34)cccc2o1. The highest BCUT2D eigenvalue weighted by Gasteiger charge is 2.12. The first-order valence-corrected chi connectivity index (χ1v) is 6.65. The number of aryl methyl sites for hydroxylation is 2. The maximum Gasteiger partial charge on any atom is 0.192 e. The average Bonchev–Trinajstić information content (AvgIpc) is 3.03. The third-order valence-electron chi connectivity index (χ3n) is 3.44. The zero-order valence-corrected chi connectivity index (χ0v) is 11.6. The number of benzene rings is 1. The smallest absolute Gasteiger partial charge is 0.192 e. The van der Waals surface area contributed by atoms with Gasteiger partial charge in [0.15, 0.2) is 11.5 Å². The fraction of sp³-hybridized carbons (Fsp3) is 0.133. The molecular formula is C15H13N5O. The molecule has 4 aromatic rings. The van der Waals surface area contributed by atoms with Crippen molar-refractivity contribution in [2.75, 3.05) is 5.32 Å². The van der Waals surface area contributed by atoms with Gasteiger partial charge in [0.05, 0.1) is 22.3 Å². The number of oxazole rings is 1. The Morgan fingerprint density at radius 1 is 1.19 bits per heavy atom. The van der Waals surface area contributed by atoms with E-state index in [9.17, 15) is 0 Å². The van der Waals surface area contributed by atoms with Gasteiger partial charge in [-0.15, -0.1) is 0 Å². The Morgan fingerprint density at radius 3 is 3.00 bits per heavy atom. The number of aromatic nitrogens is 4. The predicted molar refractivity (Wildman–Crippen MR) is 80.7 cm³/mol. The van der Waals surface area contributed by atoms with Gasteiger partial charge in [0, 0.05) is 13.1 Å². The van der Waals surface area contributed by atoms with Crippen LogP contribution in [0.5, 0.6) is 0 Å². The minimum Gasteiger partial charge on any atom is -0.441 e. The molecule has 0 unspecified atom stereocenters. The monoisotopic (exact) mass is 279 g/mol. The largest absolute Gasteiger partial charge is 0.441 e. The Morgan fingerprint density at radius 2 is 2.10 bits per heavy atom. The van der Waals surface area contributed by atoms with Crippen molar-refractivity contribution in [3.63, 3.8) is 0 Å². The van der Waals surface area contributed by atoms with Gasteiger partial charge in [-0.25, -0.2) is 9.97 Å². The normalized spacial score (nSPS) is 11.3. The van der Waals surface area contributed by atoms with E-state index >= 15 is 0 Å². The summed E-state index contributed by atoms with van der Waals surface area (Å²) in [5, 5.41) is 11.5. The van der Waals surface area contributed by atoms with Crippen molar-refractivity contribution in [3.05, 3.63) is 42.0 Å². The lowest BCUT2D eigenvalue weighted by Gasteiger charge is -2.07. The summed E-state index contributed by atoms with van der Waals surface area (Å²) >= 11 is 0. The standard InChI is InChI=1S/C15H13N5O/c1-8-13-10(20-19-8)6-7-16-15(13)18-11-4-3-5-12-14(11)17-9(2)21-12/h3-7H,1-2H3,(H,16,18)(H,19,20). The lowest BCUT2D eigenvalue weighted by Crippen LogP contribution is -1.95. The molecule has 6 nitrogen and oxygen atoms in total. The topological polar surface area (TPSA) is 79.6 Å². The molecule has 3 heterocycles. The second kappa shape index (κ2) is 4.31. The van der Waals surface area contributed by atoms with Gasteiger partial charge in [-0.2, -0.15) is 5.10 Å². The fourth-order valence-electron chi connectivity index (χ4n) is 2.50. The summed E-state index contributed by atoms with van der Waals surface area (Å²) < 4.78 is 5.55. The first-order valence-electron chi connectivity index (χ1n) is 6.65. The summed E-state index contributed by atoms with van der Waals surface area (Å²) in [4.78, 5) is 8.84. The molecule has 4 rings (SSSR count). The van der Waals surface area contributed by atoms with E-state index in [0.717, 1.165) is 39.2 Å². The minimum absolute atomic E-state index is 0.643. The molecule has 6 heteroatoms. The first kappa shape index (κ1) is 11.9. The molecule has 104 valence electrons. The van der Waals surface area contributed by atoms with Crippen molar-refractivity contribution in [3.8, 4) is 0 Å². The summed E-state index contributed by atoms with van der Waals surface area (Å²) in [5.41, 5.74) is 4.28. The molecule has 0 aliphatic carbocycles. The van der Waals surface area contributed by atoms with Crippen LogP contribution in [0, 0.1) is 13.8 Å². The number of fused-ring (bicyclic) bond motifs is 2. The summed E-state index contributed by atoms with van der Waals surface area (Å²) in [6, 6.07) is 7.69. The van der Waals surface area contributed by atoms with Gasteiger partial charge < -0.3 is 9.73 Å². The van der Waals surface area contributed by atoms with Gasteiger partial charge >= 0.3 is 0 Å². The molecule has 0 saturated carbocycles. The first-order chi connectivity index (χ1) is 10.2. The van der Waals surface area contributed by atoms with Crippen LogP contribution < -0.4 is 5.32 Å². The van der Waals surface area contributed by atoms with Crippen LogP contribution in [-0.2, 0) is 0 Å².